The van der Waals surface area contributed by atoms with E-state index in [1.807, 2.05) is 26.0 Å². The molecular weight excluding hydrogens is 268 g/mol. The lowest BCUT2D eigenvalue weighted by molar-refractivity contribution is -0.121. The van der Waals surface area contributed by atoms with E-state index in [1.54, 1.807) is 0 Å². The first-order valence-electron chi connectivity index (χ1n) is 7.85. The maximum Gasteiger partial charge on any atom is 0.195 e. The van der Waals surface area contributed by atoms with Crippen molar-refractivity contribution in [2.75, 3.05) is 0 Å². The van der Waals surface area contributed by atoms with Gasteiger partial charge in [-0.05, 0) is 57.1 Å². The molecule has 0 aromatic carbocycles. The summed E-state index contributed by atoms with van der Waals surface area (Å²) < 4.78 is 10.6. The molecule has 3 aliphatic rings. The molecule has 2 heterocycles. The van der Waals surface area contributed by atoms with Gasteiger partial charge in [0.05, 0.1) is 12.2 Å². The minimum Gasteiger partial charge on any atom is -0.361 e. The van der Waals surface area contributed by atoms with Gasteiger partial charge in [0.25, 0.3) is 0 Å². The third kappa shape index (κ3) is 3.16. The van der Waals surface area contributed by atoms with E-state index in [-0.39, 0.29) is 36.0 Å². The lowest BCUT2D eigenvalue weighted by Gasteiger charge is -2.15. The summed E-state index contributed by atoms with van der Waals surface area (Å²) in [6.07, 6.45) is 7.94. The van der Waals surface area contributed by atoms with Gasteiger partial charge in [0.2, 0.25) is 0 Å². The average Bonchev–Trinajstić information content (AvgIpc) is 3.37. The smallest absolute Gasteiger partial charge is 0.195 e. The van der Waals surface area contributed by atoms with Crippen molar-refractivity contribution in [3.8, 4) is 0 Å². The zero-order valence-corrected chi connectivity index (χ0v) is 12.6. The molecule has 4 atom stereocenters. The van der Waals surface area contributed by atoms with E-state index in [4.69, 9.17) is 9.47 Å². The Morgan fingerprint density at radius 2 is 1.95 bits per heavy atom. The number of carbonyl (C=O) groups excluding carboxylic acids is 2. The van der Waals surface area contributed by atoms with Gasteiger partial charge in [-0.2, -0.15) is 0 Å². The van der Waals surface area contributed by atoms with Gasteiger partial charge >= 0.3 is 0 Å². The van der Waals surface area contributed by atoms with Gasteiger partial charge < -0.3 is 9.47 Å². The quantitative estimate of drug-likeness (QED) is 0.576. The predicted molar refractivity (Wildman–Crippen MR) is 77.9 cm³/mol. The van der Waals surface area contributed by atoms with Crippen LogP contribution in [-0.2, 0) is 19.1 Å². The number of Topliss-reactive ketones (excluding diaryl/α,β-unsaturated/α-hetero) is 2. The van der Waals surface area contributed by atoms with Crippen molar-refractivity contribution in [3.05, 3.63) is 23.3 Å². The van der Waals surface area contributed by atoms with Crippen LogP contribution in [-0.4, -0.2) is 36.0 Å². The highest BCUT2D eigenvalue weighted by Gasteiger charge is 2.53. The Morgan fingerprint density at radius 1 is 1.24 bits per heavy atom. The van der Waals surface area contributed by atoms with Crippen molar-refractivity contribution in [3.63, 3.8) is 0 Å². The summed E-state index contributed by atoms with van der Waals surface area (Å²) in [6, 6.07) is 0. The molecule has 0 aromatic heterocycles. The van der Waals surface area contributed by atoms with Gasteiger partial charge in [0.15, 0.2) is 11.6 Å². The fourth-order valence-corrected chi connectivity index (χ4v) is 3.05. The summed E-state index contributed by atoms with van der Waals surface area (Å²) in [7, 11) is 0. The Labute approximate surface area is 125 Å². The van der Waals surface area contributed by atoms with Gasteiger partial charge in [-0.25, -0.2) is 0 Å². The molecule has 21 heavy (non-hydrogen) atoms. The first-order valence-corrected chi connectivity index (χ1v) is 7.85. The number of ketones is 2. The second kappa shape index (κ2) is 5.85. The summed E-state index contributed by atoms with van der Waals surface area (Å²) in [5.74, 6) is 0.290. The van der Waals surface area contributed by atoms with E-state index in [2.05, 4.69) is 0 Å². The largest absolute Gasteiger partial charge is 0.361 e. The van der Waals surface area contributed by atoms with Crippen LogP contribution in [0.5, 0.6) is 0 Å². The first kappa shape index (κ1) is 14.7. The van der Waals surface area contributed by atoms with Crippen LogP contribution >= 0.6 is 0 Å². The van der Waals surface area contributed by atoms with Crippen LogP contribution < -0.4 is 0 Å². The van der Waals surface area contributed by atoms with E-state index >= 15 is 0 Å². The molecule has 4 nitrogen and oxygen atoms in total. The van der Waals surface area contributed by atoms with Crippen LogP contribution in [0, 0.1) is 0 Å². The molecular formula is C17H22O4. The monoisotopic (exact) mass is 290 g/mol. The number of hydrogen-bond donors (Lipinski definition) is 0. The third-order valence-corrected chi connectivity index (χ3v) is 4.52. The van der Waals surface area contributed by atoms with Crippen LogP contribution in [0.2, 0.25) is 0 Å². The number of ether oxygens (including phenoxy) is 2. The summed E-state index contributed by atoms with van der Waals surface area (Å²) in [6.45, 7) is 3.82. The highest BCUT2D eigenvalue weighted by atomic mass is 16.6. The van der Waals surface area contributed by atoms with Crippen molar-refractivity contribution in [1.29, 1.82) is 0 Å². The van der Waals surface area contributed by atoms with Gasteiger partial charge in [-0.15, -0.1) is 0 Å². The van der Waals surface area contributed by atoms with E-state index in [1.165, 1.54) is 0 Å². The minimum absolute atomic E-state index is 0.0191. The highest BCUT2D eigenvalue weighted by Crippen LogP contribution is 2.34. The van der Waals surface area contributed by atoms with E-state index < -0.39 is 0 Å². The molecule has 4 unspecified atom stereocenters. The van der Waals surface area contributed by atoms with E-state index in [0.29, 0.717) is 0 Å². The molecule has 3 rings (SSSR count). The second-order valence-corrected chi connectivity index (χ2v) is 6.06. The summed E-state index contributed by atoms with van der Waals surface area (Å²) in [4.78, 5) is 24.0. The standard InChI is InChI=1S/C17H22O4/c1-3-11-6-4-7-12(14(11)18)8-5-9-13-17(21-13)15(19)16-10(2)20-16/h3,8,10,13,16-17H,4-7,9H2,1-2H3/b11-3+,12-8+. The van der Waals surface area contributed by atoms with Crippen LogP contribution in [0.4, 0.5) is 0 Å². The fraction of sp³-hybridized carbons (Fsp3) is 0.647. The van der Waals surface area contributed by atoms with Gasteiger partial charge in [0.1, 0.15) is 12.2 Å². The average molecular weight is 290 g/mol. The SMILES string of the molecule is C/C=C1\CCC/C(=C\CCC2OC2C(=O)C2OC2C)C1=O. The summed E-state index contributed by atoms with van der Waals surface area (Å²) in [5.41, 5.74) is 1.86. The lowest BCUT2D eigenvalue weighted by atomic mass is 9.88. The Kier molecular flexibility index (Phi) is 4.09. The Morgan fingerprint density at radius 3 is 2.62 bits per heavy atom. The normalized spacial score (nSPS) is 38.9. The Hall–Kier alpha value is -1.26. The van der Waals surface area contributed by atoms with Crippen LogP contribution in [0.3, 0.4) is 0 Å². The van der Waals surface area contributed by atoms with E-state index in [9.17, 15) is 9.59 Å². The zero-order chi connectivity index (χ0) is 15.0. The first-order chi connectivity index (χ1) is 10.1. The molecule has 0 aromatic rings. The number of hydrogen-bond acceptors (Lipinski definition) is 4. The summed E-state index contributed by atoms with van der Waals surface area (Å²) >= 11 is 0. The summed E-state index contributed by atoms with van der Waals surface area (Å²) in [5, 5.41) is 0. The van der Waals surface area contributed by atoms with Gasteiger partial charge in [0, 0.05) is 0 Å². The highest BCUT2D eigenvalue weighted by molar-refractivity contribution is 6.08. The van der Waals surface area contributed by atoms with Crippen molar-refractivity contribution in [1.82, 2.24) is 0 Å². The van der Waals surface area contributed by atoms with Crippen LogP contribution in [0.1, 0.15) is 46.0 Å². The molecule has 0 N–H and O–H groups in total. The molecule has 2 aliphatic heterocycles. The molecule has 0 amide bonds. The van der Waals surface area contributed by atoms with Gasteiger partial charge in [-0.3, -0.25) is 9.59 Å². The number of rotatable bonds is 5. The van der Waals surface area contributed by atoms with Crippen LogP contribution in [0.25, 0.3) is 0 Å². The van der Waals surface area contributed by atoms with Crippen molar-refractivity contribution >= 4 is 11.6 Å². The molecule has 0 bridgehead atoms. The van der Waals surface area contributed by atoms with Crippen molar-refractivity contribution in [2.24, 2.45) is 0 Å². The van der Waals surface area contributed by atoms with Gasteiger partial charge in [-0.1, -0.05) is 12.2 Å². The maximum absolute atomic E-state index is 12.1. The third-order valence-electron chi connectivity index (χ3n) is 4.52. The van der Waals surface area contributed by atoms with Crippen LogP contribution in [0.15, 0.2) is 23.3 Å². The second-order valence-electron chi connectivity index (χ2n) is 6.06. The fourth-order valence-electron chi connectivity index (χ4n) is 3.05. The van der Waals surface area contributed by atoms with Crippen molar-refractivity contribution < 1.29 is 19.1 Å². The van der Waals surface area contributed by atoms with Crippen molar-refractivity contribution in [2.45, 2.75) is 70.4 Å². The van der Waals surface area contributed by atoms with E-state index in [0.717, 1.165) is 43.3 Å². The minimum atomic E-state index is -0.272. The number of allylic oxidation sites excluding steroid dienone is 4. The molecule has 2 saturated heterocycles. The molecule has 0 radical (unpaired) electrons. The Bertz CT molecular complexity index is 517. The zero-order valence-electron chi connectivity index (χ0n) is 12.6. The molecule has 1 saturated carbocycles. The number of epoxide rings is 2. The molecule has 1 aliphatic carbocycles. The lowest BCUT2D eigenvalue weighted by Crippen LogP contribution is -2.17. The predicted octanol–water partition coefficient (Wildman–Crippen LogP) is 2.52. The topological polar surface area (TPSA) is 59.2 Å². The maximum atomic E-state index is 12.1. The molecule has 114 valence electrons. The number of carbonyl (C=O) groups is 2. The molecule has 0 spiro atoms. The molecule has 3 fully saturated rings. The molecule has 4 heteroatoms. The Balaban J connectivity index is 1.45.